The van der Waals surface area contributed by atoms with Gasteiger partial charge in [-0.15, -0.1) is 23.2 Å². The van der Waals surface area contributed by atoms with Gasteiger partial charge in [0, 0.05) is 0 Å². The molecular weight excluding hydrogens is 487 g/mol. The zero-order valence-corrected chi connectivity index (χ0v) is 22.3. The van der Waals surface area contributed by atoms with E-state index in [1.165, 1.54) is 0 Å². The fraction of sp³-hybridized carbons (Fsp3) is 0.833. The summed E-state index contributed by atoms with van der Waals surface area (Å²) in [7, 11) is 0. The molecule has 0 rings (SSSR count). The third-order valence-corrected chi connectivity index (χ3v) is 5.79. The molecule has 0 bridgehead atoms. The fourth-order valence-electron chi connectivity index (χ4n) is 3.09. The maximum atomic E-state index is 12.5. The van der Waals surface area contributed by atoms with Gasteiger partial charge in [0.2, 0.25) is 0 Å². The van der Waals surface area contributed by atoms with Crippen molar-refractivity contribution >= 4 is 47.1 Å². The molecule has 10 heteroatoms. The fourth-order valence-corrected chi connectivity index (χ4v) is 3.65. The van der Waals surface area contributed by atoms with Crippen molar-refractivity contribution in [2.75, 3.05) is 26.4 Å². The highest BCUT2D eigenvalue weighted by molar-refractivity contribution is 6.30. The standard InChI is InChI=1S/C24H40Cl2O8/c1-5-9-13-33-23(29)19(25)15-17(21(27)31-7-3)11-12-18(22(28)32-8-4)16-20(26)24(30)34-14-10-6-2/h17-20H,5-16H2,1-4H3. The number of rotatable bonds is 19. The zero-order valence-electron chi connectivity index (χ0n) is 20.8. The summed E-state index contributed by atoms with van der Waals surface area (Å²) < 4.78 is 20.5. The summed E-state index contributed by atoms with van der Waals surface area (Å²) in [6.45, 7) is 8.15. The van der Waals surface area contributed by atoms with E-state index in [4.69, 9.17) is 42.1 Å². The number of alkyl halides is 2. The molecule has 0 amide bonds. The van der Waals surface area contributed by atoms with E-state index in [9.17, 15) is 19.2 Å². The Kier molecular flexibility index (Phi) is 18.8. The number of carbonyl (C=O) groups is 4. The first-order chi connectivity index (χ1) is 16.2. The average Bonchev–Trinajstić information content (AvgIpc) is 2.80. The molecule has 0 saturated carbocycles. The Bertz CT molecular complexity index is 562. The smallest absolute Gasteiger partial charge is 0.324 e. The number of ether oxygens (including phenoxy) is 4. The van der Waals surface area contributed by atoms with Crippen LogP contribution in [0.3, 0.4) is 0 Å². The van der Waals surface area contributed by atoms with Gasteiger partial charge in [0.05, 0.1) is 38.3 Å². The minimum atomic E-state index is -1.03. The molecular formula is C24H40Cl2O8. The molecule has 0 saturated heterocycles. The molecule has 0 spiro atoms. The van der Waals surface area contributed by atoms with Gasteiger partial charge in [-0.05, 0) is 52.4 Å². The van der Waals surface area contributed by atoms with Gasteiger partial charge in [-0.3, -0.25) is 19.2 Å². The lowest BCUT2D eigenvalue weighted by molar-refractivity contribution is -0.153. The first-order valence-corrected chi connectivity index (χ1v) is 13.0. The minimum Gasteiger partial charge on any atom is -0.466 e. The first-order valence-electron chi connectivity index (χ1n) is 12.2. The molecule has 0 aliphatic rings. The molecule has 0 aliphatic carbocycles. The van der Waals surface area contributed by atoms with Crippen molar-refractivity contribution in [2.45, 2.75) is 89.8 Å². The number of halogens is 2. The second-order valence-corrected chi connectivity index (χ2v) is 8.98. The maximum absolute atomic E-state index is 12.5. The van der Waals surface area contributed by atoms with Crippen LogP contribution < -0.4 is 0 Å². The summed E-state index contributed by atoms with van der Waals surface area (Å²) in [5.41, 5.74) is 0. The molecule has 0 fully saturated rings. The lowest BCUT2D eigenvalue weighted by Crippen LogP contribution is -2.30. The van der Waals surface area contributed by atoms with Crippen molar-refractivity contribution in [3.63, 3.8) is 0 Å². The Morgan fingerprint density at radius 1 is 0.588 bits per heavy atom. The van der Waals surface area contributed by atoms with Crippen molar-refractivity contribution in [1.29, 1.82) is 0 Å². The summed E-state index contributed by atoms with van der Waals surface area (Å²) in [5.74, 6) is -3.69. The monoisotopic (exact) mass is 526 g/mol. The predicted octanol–water partition coefficient (Wildman–Crippen LogP) is 4.81. The van der Waals surface area contributed by atoms with Gasteiger partial charge in [0.25, 0.3) is 0 Å². The SMILES string of the molecule is CCCCOC(=O)C(Cl)CC(CCC(CC(Cl)C(=O)OCCCC)C(=O)OCC)C(=O)OCC. The maximum Gasteiger partial charge on any atom is 0.324 e. The van der Waals surface area contributed by atoms with Crippen LogP contribution in [-0.4, -0.2) is 61.1 Å². The van der Waals surface area contributed by atoms with Crippen LogP contribution in [0.1, 0.15) is 79.1 Å². The molecule has 0 aliphatic heterocycles. The molecule has 0 aromatic heterocycles. The van der Waals surface area contributed by atoms with Gasteiger partial charge in [-0.25, -0.2) is 0 Å². The summed E-state index contributed by atoms with van der Waals surface area (Å²) in [6.07, 6.45) is 3.58. The molecule has 0 radical (unpaired) electrons. The van der Waals surface area contributed by atoms with Crippen molar-refractivity contribution in [1.82, 2.24) is 0 Å². The normalized spacial score (nSPS) is 14.4. The molecule has 0 N–H and O–H groups in total. The highest BCUT2D eigenvalue weighted by atomic mass is 35.5. The molecule has 0 aromatic rings. The molecule has 0 heterocycles. The summed E-state index contributed by atoms with van der Waals surface area (Å²) >= 11 is 12.4. The second-order valence-electron chi connectivity index (χ2n) is 7.92. The molecule has 4 atom stereocenters. The lowest BCUT2D eigenvalue weighted by Gasteiger charge is -2.22. The Hall–Kier alpha value is -1.54. The molecule has 34 heavy (non-hydrogen) atoms. The van der Waals surface area contributed by atoms with Crippen molar-refractivity contribution in [3.05, 3.63) is 0 Å². The van der Waals surface area contributed by atoms with Crippen LogP contribution in [0.2, 0.25) is 0 Å². The highest BCUT2D eigenvalue weighted by Gasteiger charge is 2.32. The number of hydrogen-bond donors (Lipinski definition) is 0. The predicted molar refractivity (Wildman–Crippen MR) is 130 cm³/mol. The van der Waals surface area contributed by atoms with Crippen molar-refractivity contribution in [2.24, 2.45) is 11.8 Å². The van der Waals surface area contributed by atoms with Gasteiger partial charge < -0.3 is 18.9 Å². The van der Waals surface area contributed by atoms with Gasteiger partial charge in [-0.1, -0.05) is 26.7 Å². The van der Waals surface area contributed by atoms with Crippen LogP contribution in [-0.2, 0) is 38.1 Å². The Balaban J connectivity index is 5.20. The van der Waals surface area contributed by atoms with E-state index in [0.717, 1.165) is 25.7 Å². The highest BCUT2D eigenvalue weighted by Crippen LogP contribution is 2.26. The van der Waals surface area contributed by atoms with Crippen LogP contribution >= 0.6 is 23.2 Å². The number of esters is 4. The number of hydrogen-bond acceptors (Lipinski definition) is 8. The van der Waals surface area contributed by atoms with E-state index in [1.807, 2.05) is 13.8 Å². The van der Waals surface area contributed by atoms with Crippen LogP contribution in [0.15, 0.2) is 0 Å². The van der Waals surface area contributed by atoms with E-state index in [-0.39, 0.29) is 52.1 Å². The molecule has 4 unspecified atom stereocenters. The Morgan fingerprint density at radius 3 is 1.24 bits per heavy atom. The topological polar surface area (TPSA) is 105 Å². The minimum absolute atomic E-state index is 0.00422. The Labute approximate surface area is 213 Å². The van der Waals surface area contributed by atoms with Gasteiger partial charge >= 0.3 is 23.9 Å². The van der Waals surface area contributed by atoms with E-state index < -0.39 is 46.5 Å². The van der Waals surface area contributed by atoms with Crippen LogP contribution in [0.25, 0.3) is 0 Å². The van der Waals surface area contributed by atoms with E-state index >= 15 is 0 Å². The summed E-state index contributed by atoms with van der Waals surface area (Å²) in [6, 6.07) is 0. The largest absolute Gasteiger partial charge is 0.466 e. The van der Waals surface area contributed by atoms with E-state index in [1.54, 1.807) is 13.8 Å². The van der Waals surface area contributed by atoms with Gasteiger partial charge in [0.15, 0.2) is 0 Å². The van der Waals surface area contributed by atoms with Crippen LogP contribution in [0.5, 0.6) is 0 Å². The number of carbonyl (C=O) groups excluding carboxylic acids is 4. The first kappa shape index (κ1) is 32.5. The lowest BCUT2D eigenvalue weighted by atomic mass is 9.90. The van der Waals surface area contributed by atoms with Crippen molar-refractivity contribution in [3.8, 4) is 0 Å². The summed E-state index contributed by atoms with van der Waals surface area (Å²) in [5, 5.41) is -2.05. The molecule has 198 valence electrons. The van der Waals surface area contributed by atoms with Gasteiger partial charge in [0.1, 0.15) is 10.8 Å². The quantitative estimate of drug-likeness (QED) is 0.102. The van der Waals surface area contributed by atoms with Gasteiger partial charge in [-0.2, -0.15) is 0 Å². The van der Waals surface area contributed by atoms with Crippen molar-refractivity contribution < 1.29 is 38.1 Å². The zero-order chi connectivity index (χ0) is 25.9. The average molecular weight is 527 g/mol. The number of unbranched alkanes of at least 4 members (excludes halogenated alkanes) is 2. The van der Waals surface area contributed by atoms with E-state index in [0.29, 0.717) is 0 Å². The third kappa shape index (κ3) is 14.0. The second kappa shape index (κ2) is 19.7. The summed E-state index contributed by atoms with van der Waals surface area (Å²) in [4.78, 5) is 49.3. The molecule has 0 aromatic carbocycles. The van der Waals surface area contributed by atoms with E-state index in [2.05, 4.69) is 0 Å². The third-order valence-electron chi connectivity index (χ3n) is 5.08. The van der Waals surface area contributed by atoms with Crippen LogP contribution in [0.4, 0.5) is 0 Å². The Morgan fingerprint density at radius 2 is 0.941 bits per heavy atom. The molecule has 8 nitrogen and oxygen atoms in total. The van der Waals surface area contributed by atoms with Crippen LogP contribution in [0, 0.1) is 11.8 Å².